The highest BCUT2D eigenvalue weighted by molar-refractivity contribution is 6.30. The molecule has 0 bridgehead atoms. The fourth-order valence-corrected chi connectivity index (χ4v) is 1.28. The fraction of sp³-hybridized carbons (Fsp3) is 0.143. The highest BCUT2D eigenvalue weighted by Gasteiger charge is 2.07. The van der Waals surface area contributed by atoms with Crippen molar-refractivity contribution in [3.05, 3.63) is 59.2 Å². The van der Waals surface area contributed by atoms with Gasteiger partial charge >= 0.3 is 5.97 Å². The molecule has 1 aromatic rings. The van der Waals surface area contributed by atoms with Gasteiger partial charge in [0.2, 0.25) is 0 Å². The predicted octanol–water partition coefficient (Wildman–Crippen LogP) is 3.20. The normalized spacial score (nSPS) is 11.0. The summed E-state index contributed by atoms with van der Waals surface area (Å²) < 4.78 is 4.79. The molecule has 0 spiro atoms. The van der Waals surface area contributed by atoms with Crippen molar-refractivity contribution >= 4 is 23.4 Å². The maximum Gasteiger partial charge on any atom is 0.331 e. The molecule has 0 atom stereocenters. The lowest BCUT2D eigenvalue weighted by atomic mass is 10.1. The third kappa shape index (κ3) is 4.97. The number of carbonyl (C=O) groups excluding carboxylic acids is 2. The highest BCUT2D eigenvalue weighted by Crippen LogP contribution is 2.10. The topological polar surface area (TPSA) is 43.4 Å². The summed E-state index contributed by atoms with van der Waals surface area (Å²) in [6.07, 6.45) is 6.29. The maximum atomic E-state index is 11.6. The largest absolute Gasteiger partial charge is 0.454 e. The van der Waals surface area contributed by atoms with Gasteiger partial charge < -0.3 is 4.74 Å². The van der Waals surface area contributed by atoms with Crippen LogP contribution < -0.4 is 0 Å². The summed E-state index contributed by atoms with van der Waals surface area (Å²) in [6, 6.07) is 6.41. The number of ketones is 1. The van der Waals surface area contributed by atoms with Crippen LogP contribution in [0.2, 0.25) is 5.02 Å². The Bertz CT molecular complexity index is 472. The molecular weight excluding hydrogens is 252 g/mol. The van der Waals surface area contributed by atoms with Gasteiger partial charge in [0.25, 0.3) is 0 Å². The molecule has 0 unspecified atom stereocenters. The molecule has 94 valence electrons. The standard InChI is InChI=1S/C14H13ClO3/c1-2-3-4-5-14(17)18-10-13(16)11-6-8-12(15)9-7-11/h2-9H,10H2,1H3. The van der Waals surface area contributed by atoms with E-state index in [9.17, 15) is 9.59 Å². The minimum absolute atomic E-state index is 0.264. The average Bonchev–Trinajstić information content (AvgIpc) is 2.37. The number of benzene rings is 1. The average molecular weight is 265 g/mol. The monoisotopic (exact) mass is 264 g/mol. The zero-order valence-electron chi connectivity index (χ0n) is 9.93. The summed E-state index contributed by atoms with van der Waals surface area (Å²) in [5, 5.41) is 0.554. The molecule has 0 aliphatic heterocycles. The molecule has 0 heterocycles. The van der Waals surface area contributed by atoms with Crippen LogP contribution in [0, 0.1) is 0 Å². The molecule has 18 heavy (non-hydrogen) atoms. The maximum absolute atomic E-state index is 11.6. The summed E-state index contributed by atoms with van der Waals surface area (Å²) in [4.78, 5) is 22.8. The number of esters is 1. The van der Waals surface area contributed by atoms with Crippen LogP contribution in [0.3, 0.4) is 0 Å². The van der Waals surface area contributed by atoms with Crippen molar-refractivity contribution in [2.24, 2.45) is 0 Å². The van der Waals surface area contributed by atoms with Crippen molar-refractivity contribution in [3.8, 4) is 0 Å². The predicted molar refractivity (Wildman–Crippen MR) is 70.7 cm³/mol. The molecular formula is C14H13ClO3. The Hall–Kier alpha value is -1.87. The SMILES string of the molecule is CC=CC=CC(=O)OCC(=O)c1ccc(Cl)cc1. The lowest BCUT2D eigenvalue weighted by molar-refractivity contribution is -0.136. The Morgan fingerprint density at radius 1 is 1.22 bits per heavy atom. The first-order valence-corrected chi connectivity index (χ1v) is 5.76. The minimum Gasteiger partial charge on any atom is -0.454 e. The summed E-state index contributed by atoms with van der Waals surface area (Å²) in [7, 11) is 0. The third-order valence-electron chi connectivity index (χ3n) is 2.05. The van der Waals surface area contributed by atoms with Crippen molar-refractivity contribution in [2.45, 2.75) is 6.92 Å². The molecule has 3 nitrogen and oxygen atoms in total. The number of hydrogen-bond donors (Lipinski definition) is 0. The number of ether oxygens (including phenoxy) is 1. The van der Waals surface area contributed by atoms with E-state index in [4.69, 9.17) is 16.3 Å². The van der Waals surface area contributed by atoms with E-state index in [1.54, 1.807) is 42.5 Å². The first-order chi connectivity index (χ1) is 8.63. The van der Waals surface area contributed by atoms with Crippen LogP contribution in [0.4, 0.5) is 0 Å². The lowest BCUT2D eigenvalue weighted by Crippen LogP contribution is -2.12. The molecule has 0 aromatic heterocycles. The van der Waals surface area contributed by atoms with Crippen LogP contribution in [0.25, 0.3) is 0 Å². The first-order valence-electron chi connectivity index (χ1n) is 5.38. The van der Waals surface area contributed by atoms with Crippen molar-refractivity contribution in [1.29, 1.82) is 0 Å². The number of allylic oxidation sites excluding steroid dienone is 3. The molecule has 0 amide bonds. The van der Waals surface area contributed by atoms with Gasteiger partial charge in [-0.15, -0.1) is 0 Å². The van der Waals surface area contributed by atoms with Crippen LogP contribution in [0.5, 0.6) is 0 Å². The summed E-state index contributed by atoms with van der Waals surface area (Å²) in [5.74, 6) is -0.810. The molecule has 0 saturated heterocycles. The zero-order chi connectivity index (χ0) is 13.4. The van der Waals surface area contributed by atoms with E-state index in [0.29, 0.717) is 10.6 Å². The second-order valence-electron chi connectivity index (χ2n) is 3.42. The van der Waals surface area contributed by atoms with Gasteiger partial charge in [0.15, 0.2) is 12.4 Å². The van der Waals surface area contributed by atoms with E-state index in [-0.39, 0.29) is 12.4 Å². The summed E-state index contributed by atoms with van der Waals surface area (Å²) in [6.45, 7) is 1.56. The molecule has 0 aliphatic rings. The van der Waals surface area contributed by atoms with Crippen LogP contribution in [-0.4, -0.2) is 18.4 Å². The van der Waals surface area contributed by atoms with Gasteiger partial charge in [-0.25, -0.2) is 4.79 Å². The quantitative estimate of drug-likeness (QED) is 0.355. The summed E-state index contributed by atoms with van der Waals surface area (Å²) >= 11 is 5.70. The Morgan fingerprint density at radius 3 is 2.50 bits per heavy atom. The van der Waals surface area contributed by atoms with Gasteiger partial charge in [-0.2, -0.15) is 0 Å². The molecule has 0 aliphatic carbocycles. The molecule has 4 heteroatoms. The van der Waals surface area contributed by atoms with Crippen molar-refractivity contribution < 1.29 is 14.3 Å². The highest BCUT2D eigenvalue weighted by atomic mass is 35.5. The van der Waals surface area contributed by atoms with Crippen molar-refractivity contribution in [2.75, 3.05) is 6.61 Å². The van der Waals surface area contributed by atoms with Gasteiger partial charge in [-0.1, -0.05) is 29.8 Å². The van der Waals surface area contributed by atoms with Crippen LogP contribution in [0.15, 0.2) is 48.6 Å². The van der Waals surface area contributed by atoms with Gasteiger partial charge in [0, 0.05) is 16.7 Å². The third-order valence-corrected chi connectivity index (χ3v) is 2.30. The van der Waals surface area contributed by atoms with Crippen molar-refractivity contribution in [1.82, 2.24) is 0 Å². The van der Waals surface area contributed by atoms with E-state index in [2.05, 4.69) is 0 Å². The molecule has 0 radical (unpaired) electrons. The number of hydrogen-bond acceptors (Lipinski definition) is 3. The number of rotatable bonds is 5. The number of carbonyl (C=O) groups is 2. The van der Waals surface area contributed by atoms with Gasteiger partial charge in [0.05, 0.1) is 0 Å². The molecule has 0 N–H and O–H groups in total. The molecule has 1 aromatic carbocycles. The Morgan fingerprint density at radius 2 is 1.89 bits per heavy atom. The fourth-order valence-electron chi connectivity index (χ4n) is 1.15. The Kier molecular flexibility index (Phi) is 5.88. The lowest BCUT2D eigenvalue weighted by Gasteiger charge is -2.01. The number of halogens is 1. The van der Waals surface area contributed by atoms with E-state index in [0.717, 1.165) is 0 Å². The van der Waals surface area contributed by atoms with Gasteiger partial charge in [-0.05, 0) is 31.2 Å². The molecule has 1 rings (SSSR count). The van der Waals surface area contributed by atoms with Gasteiger partial charge in [-0.3, -0.25) is 4.79 Å². The second-order valence-corrected chi connectivity index (χ2v) is 3.86. The minimum atomic E-state index is -0.546. The van der Waals surface area contributed by atoms with Crippen LogP contribution >= 0.6 is 11.6 Å². The van der Waals surface area contributed by atoms with E-state index >= 15 is 0 Å². The Balaban J connectivity index is 2.46. The van der Waals surface area contributed by atoms with Crippen LogP contribution in [-0.2, 0) is 9.53 Å². The van der Waals surface area contributed by atoms with Gasteiger partial charge in [0.1, 0.15) is 0 Å². The second kappa shape index (κ2) is 7.45. The van der Waals surface area contributed by atoms with Crippen molar-refractivity contribution in [3.63, 3.8) is 0 Å². The smallest absolute Gasteiger partial charge is 0.331 e. The first kappa shape index (κ1) is 14.2. The zero-order valence-corrected chi connectivity index (χ0v) is 10.7. The van der Waals surface area contributed by atoms with E-state index in [1.165, 1.54) is 6.08 Å². The van der Waals surface area contributed by atoms with E-state index in [1.807, 2.05) is 6.92 Å². The number of Topliss-reactive ketones (excluding diaryl/α,β-unsaturated/α-hetero) is 1. The van der Waals surface area contributed by atoms with Crippen LogP contribution in [0.1, 0.15) is 17.3 Å². The molecule has 0 fully saturated rings. The summed E-state index contributed by atoms with van der Waals surface area (Å²) in [5.41, 5.74) is 0.463. The molecule has 0 saturated carbocycles. The Labute approximate surface area is 111 Å². The van der Waals surface area contributed by atoms with E-state index < -0.39 is 5.97 Å².